The molecule has 8 atom stereocenters. The molecule has 6 aliphatic rings. The van der Waals surface area contributed by atoms with Gasteiger partial charge in [0.1, 0.15) is 6.10 Å². The van der Waals surface area contributed by atoms with E-state index in [0.717, 1.165) is 6.42 Å². The van der Waals surface area contributed by atoms with Gasteiger partial charge >= 0.3 is 11.9 Å². The number of hydrogen-bond acceptors (Lipinski definition) is 7. The lowest BCUT2D eigenvalue weighted by molar-refractivity contribution is -0.262. The van der Waals surface area contributed by atoms with Gasteiger partial charge in [-0.2, -0.15) is 0 Å². The molecule has 0 aromatic heterocycles. The van der Waals surface area contributed by atoms with Gasteiger partial charge in [-0.25, -0.2) is 0 Å². The van der Waals surface area contributed by atoms with Gasteiger partial charge in [0.15, 0.2) is 22.6 Å². The smallest absolute Gasteiger partial charge is 0.321 e. The Labute approximate surface area is 194 Å². The quantitative estimate of drug-likeness (QED) is 0.366. The number of aliphatic hydroxyl groups is 1. The van der Waals surface area contributed by atoms with Crippen molar-refractivity contribution in [3.05, 3.63) is 11.6 Å². The van der Waals surface area contributed by atoms with E-state index < -0.39 is 50.7 Å². The zero-order valence-corrected chi connectivity index (χ0v) is 20.5. The van der Waals surface area contributed by atoms with E-state index in [9.17, 15) is 24.3 Å². The summed E-state index contributed by atoms with van der Waals surface area (Å²) in [5, 5.41) is 11.1. The van der Waals surface area contributed by atoms with Crippen molar-refractivity contribution in [2.24, 2.45) is 38.9 Å². The first-order chi connectivity index (χ1) is 15.1. The number of carbonyl (C=O) groups is 4. The Kier molecular flexibility index (Phi) is 4.11. The van der Waals surface area contributed by atoms with Gasteiger partial charge in [0, 0.05) is 11.3 Å². The summed E-state index contributed by atoms with van der Waals surface area (Å²) < 4.78 is 11.2. The van der Waals surface area contributed by atoms with Crippen LogP contribution in [0.3, 0.4) is 0 Å². The molecular formula is C26H34O7. The molecule has 0 unspecified atom stereocenters. The molecule has 0 aromatic carbocycles. The highest BCUT2D eigenvalue weighted by molar-refractivity contribution is 6.30. The zero-order chi connectivity index (χ0) is 24.6. The number of ketones is 2. The number of carbonyl (C=O) groups excluding carboxylic acids is 4. The van der Waals surface area contributed by atoms with Gasteiger partial charge in [-0.1, -0.05) is 32.4 Å². The number of fused-ring (bicyclic) bond motifs is 5. The number of allylic oxidation sites excluding steroid dienone is 2. The molecule has 7 heteroatoms. The van der Waals surface area contributed by atoms with Crippen molar-refractivity contribution in [3.63, 3.8) is 0 Å². The summed E-state index contributed by atoms with van der Waals surface area (Å²) >= 11 is 0. The minimum absolute atomic E-state index is 0.0268. The fraction of sp³-hybridized carbons (Fsp3) is 0.769. The summed E-state index contributed by atoms with van der Waals surface area (Å²) in [4.78, 5) is 55.1. The molecule has 2 heterocycles. The van der Waals surface area contributed by atoms with Crippen molar-refractivity contribution in [3.8, 4) is 0 Å². The van der Waals surface area contributed by atoms with Gasteiger partial charge in [0.05, 0.1) is 17.9 Å². The van der Waals surface area contributed by atoms with Crippen LogP contribution >= 0.6 is 0 Å². The Morgan fingerprint density at radius 3 is 2.27 bits per heavy atom. The Hall–Kier alpha value is -2.02. The van der Waals surface area contributed by atoms with Gasteiger partial charge in [-0.15, -0.1) is 0 Å². The van der Waals surface area contributed by atoms with Crippen LogP contribution in [0.4, 0.5) is 0 Å². The summed E-state index contributed by atoms with van der Waals surface area (Å²) in [6.07, 6.45) is 4.21. The van der Waals surface area contributed by atoms with Gasteiger partial charge < -0.3 is 14.6 Å². The fourth-order valence-electron chi connectivity index (χ4n) is 9.31. The molecule has 3 saturated carbocycles. The third-order valence-electron chi connectivity index (χ3n) is 11.0. The van der Waals surface area contributed by atoms with E-state index in [0.29, 0.717) is 24.8 Å². The molecule has 1 spiro atoms. The van der Waals surface area contributed by atoms with Crippen molar-refractivity contribution in [2.75, 3.05) is 7.11 Å². The van der Waals surface area contributed by atoms with Gasteiger partial charge in [-0.3, -0.25) is 19.2 Å². The largest absolute Gasteiger partial charge is 0.468 e. The molecule has 2 saturated heterocycles. The number of ether oxygens (including phenoxy) is 2. The van der Waals surface area contributed by atoms with Crippen molar-refractivity contribution in [2.45, 2.75) is 78.9 Å². The molecule has 7 nitrogen and oxygen atoms in total. The summed E-state index contributed by atoms with van der Waals surface area (Å²) in [7, 11) is 1.21. The van der Waals surface area contributed by atoms with Crippen LogP contribution < -0.4 is 0 Å². The number of Topliss-reactive ketones (excluding diaryl/α,β-unsaturated/α-hetero) is 2. The predicted octanol–water partition coefficient (Wildman–Crippen LogP) is 2.78. The first-order valence-corrected chi connectivity index (χ1v) is 11.9. The second-order valence-electron chi connectivity index (χ2n) is 12.2. The normalized spacial score (nSPS) is 51.8. The molecule has 2 bridgehead atoms. The Balaban J connectivity index is 1.87. The molecule has 5 fully saturated rings. The highest BCUT2D eigenvalue weighted by Crippen LogP contribution is 2.78. The molecule has 0 aromatic rings. The van der Waals surface area contributed by atoms with Crippen molar-refractivity contribution < 1.29 is 33.8 Å². The first-order valence-electron chi connectivity index (χ1n) is 11.9. The van der Waals surface area contributed by atoms with E-state index in [1.807, 2.05) is 13.0 Å². The highest BCUT2D eigenvalue weighted by atomic mass is 16.6. The number of methoxy groups -OCH3 is 1. The maximum Gasteiger partial charge on any atom is 0.321 e. The third-order valence-corrected chi connectivity index (χ3v) is 11.0. The molecule has 0 amide bonds. The molecule has 1 N–H and O–H groups in total. The summed E-state index contributed by atoms with van der Waals surface area (Å²) in [6, 6.07) is 0. The molecule has 6 rings (SSSR count). The van der Waals surface area contributed by atoms with Crippen LogP contribution in [0.2, 0.25) is 0 Å². The van der Waals surface area contributed by atoms with Crippen LogP contribution in [0.5, 0.6) is 0 Å². The Morgan fingerprint density at radius 2 is 1.70 bits per heavy atom. The van der Waals surface area contributed by atoms with E-state index in [1.165, 1.54) is 14.0 Å². The van der Waals surface area contributed by atoms with E-state index in [-0.39, 0.29) is 23.4 Å². The standard InChI is InChI=1S/C26H34O7/c1-13-12-15-22(4,10-8-14-21(2,3)16-9-11-25(14,15)19(29)33-16)26(20(30)32-7)18(28)24(6,31)17(27)23(13,26)5/h12,14-16,31H,8-11H2,1-7H3/t14-,15-,16-,22+,23+,24-,25-,26-/m1/s1. The Morgan fingerprint density at radius 1 is 1.06 bits per heavy atom. The van der Waals surface area contributed by atoms with Crippen molar-refractivity contribution >= 4 is 23.5 Å². The van der Waals surface area contributed by atoms with Gasteiger partial charge in [0.2, 0.25) is 0 Å². The highest BCUT2D eigenvalue weighted by Gasteiger charge is 2.86. The monoisotopic (exact) mass is 458 g/mol. The lowest BCUT2D eigenvalue weighted by Crippen LogP contribution is -2.74. The van der Waals surface area contributed by atoms with E-state index in [1.54, 1.807) is 13.8 Å². The van der Waals surface area contributed by atoms with Crippen LogP contribution in [0.25, 0.3) is 0 Å². The maximum atomic E-state index is 14.1. The summed E-state index contributed by atoms with van der Waals surface area (Å²) in [5.74, 6) is -3.06. The van der Waals surface area contributed by atoms with Crippen LogP contribution in [0.15, 0.2) is 11.6 Å². The lowest BCUT2D eigenvalue weighted by Gasteiger charge is -2.70. The van der Waals surface area contributed by atoms with Crippen LogP contribution in [0.1, 0.15) is 67.2 Å². The van der Waals surface area contributed by atoms with Crippen LogP contribution in [-0.2, 0) is 28.7 Å². The molecular weight excluding hydrogens is 424 g/mol. The van der Waals surface area contributed by atoms with E-state index in [2.05, 4.69) is 13.8 Å². The number of esters is 2. The Bertz CT molecular complexity index is 1050. The molecule has 180 valence electrons. The summed E-state index contributed by atoms with van der Waals surface area (Å²) in [6.45, 7) is 10.6. The third kappa shape index (κ3) is 1.94. The lowest BCUT2D eigenvalue weighted by atomic mass is 9.33. The summed E-state index contributed by atoms with van der Waals surface area (Å²) in [5.41, 5.74) is -7.55. The van der Waals surface area contributed by atoms with E-state index in [4.69, 9.17) is 9.47 Å². The zero-order valence-electron chi connectivity index (χ0n) is 20.5. The predicted molar refractivity (Wildman–Crippen MR) is 117 cm³/mol. The molecule has 0 radical (unpaired) electrons. The van der Waals surface area contributed by atoms with Gasteiger partial charge in [-0.05, 0) is 57.8 Å². The minimum atomic E-state index is -2.32. The first kappa shape index (κ1) is 22.8. The number of rotatable bonds is 1. The van der Waals surface area contributed by atoms with Crippen molar-refractivity contribution in [1.82, 2.24) is 0 Å². The van der Waals surface area contributed by atoms with E-state index >= 15 is 0 Å². The van der Waals surface area contributed by atoms with Crippen LogP contribution in [-0.4, -0.2) is 47.4 Å². The minimum Gasteiger partial charge on any atom is -0.468 e. The number of hydrogen-bond donors (Lipinski definition) is 1. The SMILES string of the molecule is COC(=O)[C@@]12C(=O)[C@](C)(O)C(=O)[C@]1(C)C(C)=C[C@H]1[C@]34CC[C@@H](OC3=O)C(C)(C)[C@H]4CC[C@@]12C. The molecule has 33 heavy (non-hydrogen) atoms. The molecule has 2 aliphatic heterocycles. The fourth-order valence-corrected chi connectivity index (χ4v) is 9.31. The molecule has 4 aliphatic carbocycles. The average molecular weight is 459 g/mol. The average Bonchev–Trinajstić information content (AvgIpc) is 2.87. The second-order valence-corrected chi connectivity index (χ2v) is 12.2. The van der Waals surface area contributed by atoms with Gasteiger partial charge in [0.25, 0.3) is 0 Å². The van der Waals surface area contributed by atoms with Crippen LogP contribution in [0, 0.1) is 38.9 Å². The maximum absolute atomic E-state index is 14.1. The second kappa shape index (κ2) is 5.96. The van der Waals surface area contributed by atoms with Crippen molar-refractivity contribution in [1.29, 1.82) is 0 Å². The topological polar surface area (TPSA) is 107 Å².